The summed E-state index contributed by atoms with van der Waals surface area (Å²) in [7, 11) is 4.98. The van der Waals surface area contributed by atoms with Crippen molar-refractivity contribution in [1.82, 2.24) is 15.5 Å². The fraction of sp³-hybridized carbons (Fsp3) is 0.391. The number of benzene rings is 2. The van der Waals surface area contributed by atoms with Crippen molar-refractivity contribution in [3.63, 3.8) is 0 Å². The van der Waals surface area contributed by atoms with Gasteiger partial charge in [0, 0.05) is 39.6 Å². The highest BCUT2D eigenvalue weighted by Gasteiger charge is 2.22. The van der Waals surface area contributed by atoms with E-state index >= 15 is 0 Å². The standard InChI is InChI=1S/C23H30N4O3.HI/c1-24-23(26-14-17-10-11-20(29-2)21(13-17)30-3)25-12-6-9-22(28)27-15-18-7-4-5-8-19(18)16-27;/h4-5,7-8,10-11,13H,6,9,12,14-16H2,1-3H3,(H2,24,25,26);1H. The first-order chi connectivity index (χ1) is 14.6. The van der Waals surface area contributed by atoms with E-state index in [9.17, 15) is 4.79 Å². The molecule has 2 aromatic carbocycles. The Labute approximate surface area is 201 Å². The number of methoxy groups -OCH3 is 2. The van der Waals surface area contributed by atoms with Gasteiger partial charge in [-0.2, -0.15) is 0 Å². The van der Waals surface area contributed by atoms with Crippen LogP contribution in [0.25, 0.3) is 0 Å². The maximum absolute atomic E-state index is 12.5. The first-order valence-corrected chi connectivity index (χ1v) is 10.1. The molecule has 0 fully saturated rings. The maximum Gasteiger partial charge on any atom is 0.223 e. The van der Waals surface area contributed by atoms with Gasteiger partial charge in [-0.05, 0) is 35.2 Å². The Kier molecular flexibility index (Phi) is 9.90. The van der Waals surface area contributed by atoms with E-state index in [0.717, 1.165) is 25.1 Å². The van der Waals surface area contributed by atoms with Crippen LogP contribution < -0.4 is 20.1 Å². The predicted octanol–water partition coefficient (Wildman–Crippen LogP) is 3.31. The van der Waals surface area contributed by atoms with Crippen molar-refractivity contribution in [3.05, 3.63) is 59.2 Å². The summed E-state index contributed by atoms with van der Waals surface area (Å²) in [5.74, 6) is 2.30. The molecule has 0 saturated heterocycles. The number of ether oxygens (including phenoxy) is 2. The van der Waals surface area contributed by atoms with Gasteiger partial charge < -0.3 is 25.0 Å². The Morgan fingerprint density at radius 1 is 1.03 bits per heavy atom. The van der Waals surface area contributed by atoms with Gasteiger partial charge in [0.1, 0.15) is 0 Å². The van der Waals surface area contributed by atoms with Crippen molar-refractivity contribution >= 4 is 35.8 Å². The smallest absolute Gasteiger partial charge is 0.223 e. The largest absolute Gasteiger partial charge is 0.493 e. The quantitative estimate of drug-likeness (QED) is 0.234. The first-order valence-electron chi connectivity index (χ1n) is 10.1. The van der Waals surface area contributed by atoms with Gasteiger partial charge in [0.15, 0.2) is 17.5 Å². The second-order valence-corrected chi connectivity index (χ2v) is 7.16. The molecule has 1 aliphatic heterocycles. The normalized spacial score (nSPS) is 12.6. The van der Waals surface area contributed by atoms with Gasteiger partial charge in [-0.15, -0.1) is 24.0 Å². The zero-order chi connectivity index (χ0) is 21.3. The summed E-state index contributed by atoms with van der Waals surface area (Å²) in [6.45, 7) is 2.72. The van der Waals surface area contributed by atoms with Crippen LogP contribution in [-0.4, -0.2) is 44.6 Å². The molecule has 168 valence electrons. The molecule has 0 saturated carbocycles. The molecule has 7 nitrogen and oxygen atoms in total. The molecule has 0 aliphatic carbocycles. The highest BCUT2D eigenvalue weighted by molar-refractivity contribution is 14.0. The molecule has 2 aromatic rings. The minimum absolute atomic E-state index is 0. The Balaban J connectivity index is 0.00000341. The average molecular weight is 538 g/mol. The monoisotopic (exact) mass is 538 g/mol. The van der Waals surface area contributed by atoms with Gasteiger partial charge in [-0.25, -0.2) is 0 Å². The van der Waals surface area contributed by atoms with Crippen molar-refractivity contribution in [2.45, 2.75) is 32.5 Å². The van der Waals surface area contributed by atoms with Crippen molar-refractivity contribution in [2.75, 3.05) is 27.8 Å². The Hall–Kier alpha value is -2.49. The summed E-state index contributed by atoms with van der Waals surface area (Å²) in [6, 6.07) is 14.0. The lowest BCUT2D eigenvalue weighted by atomic mass is 10.1. The Bertz CT molecular complexity index is 879. The third kappa shape index (κ3) is 6.75. The van der Waals surface area contributed by atoms with Crippen LogP contribution in [0.2, 0.25) is 0 Å². The number of carbonyl (C=O) groups is 1. The van der Waals surface area contributed by atoms with Crippen LogP contribution in [0.3, 0.4) is 0 Å². The third-order valence-corrected chi connectivity index (χ3v) is 5.18. The van der Waals surface area contributed by atoms with Gasteiger partial charge in [0.05, 0.1) is 14.2 Å². The number of aliphatic imine (C=N–C) groups is 1. The van der Waals surface area contributed by atoms with E-state index in [1.54, 1.807) is 21.3 Å². The summed E-state index contributed by atoms with van der Waals surface area (Å²) in [6.07, 6.45) is 1.27. The van der Waals surface area contributed by atoms with E-state index in [2.05, 4.69) is 27.8 Å². The number of fused-ring (bicyclic) bond motifs is 1. The molecular formula is C23H31IN4O3. The second kappa shape index (κ2) is 12.4. The fourth-order valence-electron chi connectivity index (χ4n) is 3.51. The van der Waals surface area contributed by atoms with Gasteiger partial charge in [-0.1, -0.05) is 30.3 Å². The van der Waals surface area contributed by atoms with Crippen LogP contribution in [-0.2, 0) is 24.4 Å². The molecule has 1 heterocycles. The molecule has 3 rings (SSSR count). The van der Waals surface area contributed by atoms with Crippen molar-refractivity contribution in [2.24, 2.45) is 4.99 Å². The van der Waals surface area contributed by atoms with Gasteiger partial charge in [0.25, 0.3) is 0 Å². The van der Waals surface area contributed by atoms with Crippen LogP contribution >= 0.6 is 24.0 Å². The van der Waals surface area contributed by atoms with E-state index in [-0.39, 0.29) is 29.9 Å². The highest BCUT2D eigenvalue weighted by Crippen LogP contribution is 2.27. The number of nitrogens with zero attached hydrogens (tertiary/aromatic N) is 2. The SMILES string of the molecule is CN=C(NCCCC(=O)N1Cc2ccccc2C1)NCc1ccc(OC)c(OC)c1.I. The molecule has 1 amide bonds. The number of nitrogens with one attached hydrogen (secondary N) is 2. The number of hydrogen-bond donors (Lipinski definition) is 2. The van der Waals surface area contributed by atoms with Gasteiger partial charge >= 0.3 is 0 Å². The summed E-state index contributed by atoms with van der Waals surface area (Å²) in [5.41, 5.74) is 3.56. The summed E-state index contributed by atoms with van der Waals surface area (Å²) < 4.78 is 10.6. The molecular weight excluding hydrogens is 507 g/mol. The van der Waals surface area contributed by atoms with Crippen molar-refractivity contribution in [1.29, 1.82) is 0 Å². The van der Waals surface area contributed by atoms with Crippen molar-refractivity contribution in [3.8, 4) is 11.5 Å². The Morgan fingerprint density at radius 3 is 2.32 bits per heavy atom. The minimum atomic E-state index is 0. The summed E-state index contributed by atoms with van der Waals surface area (Å²) >= 11 is 0. The van der Waals surface area contributed by atoms with Crippen LogP contribution in [0.4, 0.5) is 0 Å². The van der Waals surface area contributed by atoms with Crippen LogP contribution in [0.5, 0.6) is 11.5 Å². The lowest BCUT2D eigenvalue weighted by Gasteiger charge is -2.16. The minimum Gasteiger partial charge on any atom is -0.493 e. The fourth-order valence-corrected chi connectivity index (χ4v) is 3.51. The van der Waals surface area contributed by atoms with Gasteiger partial charge in [0.2, 0.25) is 5.91 Å². The first kappa shape index (κ1) is 24.8. The predicted molar refractivity (Wildman–Crippen MR) is 133 cm³/mol. The molecule has 0 unspecified atom stereocenters. The zero-order valence-corrected chi connectivity index (χ0v) is 20.6. The van der Waals surface area contributed by atoms with E-state index in [0.29, 0.717) is 37.0 Å². The number of guanidine groups is 1. The number of carbonyl (C=O) groups excluding carboxylic acids is 1. The van der Waals surface area contributed by atoms with E-state index in [1.165, 1.54) is 11.1 Å². The lowest BCUT2D eigenvalue weighted by Crippen LogP contribution is -2.37. The van der Waals surface area contributed by atoms with Crippen LogP contribution in [0, 0.1) is 0 Å². The van der Waals surface area contributed by atoms with Crippen LogP contribution in [0.15, 0.2) is 47.5 Å². The Morgan fingerprint density at radius 2 is 1.71 bits per heavy atom. The molecule has 0 aromatic heterocycles. The molecule has 0 spiro atoms. The maximum atomic E-state index is 12.5. The summed E-state index contributed by atoms with van der Waals surface area (Å²) in [4.78, 5) is 18.7. The van der Waals surface area contributed by atoms with E-state index in [1.807, 2.05) is 35.2 Å². The molecule has 31 heavy (non-hydrogen) atoms. The zero-order valence-electron chi connectivity index (χ0n) is 18.3. The number of hydrogen-bond acceptors (Lipinski definition) is 4. The van der Waals surface area contributed by atoms with Crippen LogP contribution in [0.1, 0.15) is 29.5 Å². The number of halogens is 1. The van der Waals surface area contributed by atoms with Crippen molar-refractivity contribution < 1.29 is 14.3 Å². The molecule has 8 heteroatoms. The second-order valence-electron chi connectivity index (χ2n) is 7.16. The molecule has 0 atom stereocenters. The number of rotatable bonds is 8. The average Bonchev–Trinajstić information content (AvgIpc) is 3.22. The molecule has 1 aliphatic rings. The lowest BCUT2D eigenvalue weighted by molar-refractivity contribution is -0.131. The van der Waals surface area contributed by atoms with E-state index in [4.69, 9.17) is 9.47 Å². The topological polar surface area (TPSA) is 75.2 Å². The summed E-state index contributed by atoms with van der Waals surface area (Å²) in [5, 5.41) is 6.54. The molecule has 0 radical (unpaired) electrons. The highest BCUT2D eigenvalue weighted by atomic mass is 127. The number of amides is 1. The molecule has 2 N–H and O–H groups in total. The third-order valence-electron chi connectivity index (χ3n) is 5.18. The van der Waals surface area contributed by atoms with Gasteiger partial charge in [-0.3, -0.25) is 9.79 Å². The van der Waals surface area contributed by atoms with E-state index < -0.39 is 0 Å². The molecule has 0 bridgehead atoms.